The van der Waals surface area contributed by atoms with Gasteiger partial charge >= 0.3 is 0 Å². The van der Waals surface area contributed by atoms with Crippen LogP contribution in [0.15, 0.2) is 37.1 Å². The van der Waals surface area contributed by atoms with Gasteiger partial charge < -0.3 is 15.0 Å². The zero-order chi connectivity index (χ0) is 20.9. The first-order valence-electron chi connectivity index (χ1n) is 9.42. The van der Waals surface area contributed by atoms with Gasteiger partial charge in [0.15, 0.2) is 0 Å². The van der Waals surface area contributed by atoms with Crippen LogP contribution >= 0.6 is 0 Å². The zero-order valence-electron chi connectivity index (χ0n) is 17.1. The molecule has 7 nitrogen and oxygen atoms in total. The molecule has 8 heteroatoms. The summed E-state index contributed by atoms with van der Waals surface area (Å²) in [7, 11) is -1.17. The van der Waals surface area contributed by atoms with Crippen LogP contribution in [0.4, 0.5) is 11.4 Å². The Kier molecular flexibility index (Phi) is 7.15. The predicted molar refractivity (Wildman–Crippen MR) is 116 cm³/mol. The summed E-state index contributed by atoms with van der Waals surface area (Å²) in [6, 6.07) is 5.55. The molecule has 0 aliphatic heterocycles. The van der Waals surface area contributed by atoms with E-state index in [0.29, 0.717) is 30.4 Å². The van der Waals surface area contributed by atoms with E-state index in [9.17, 15) is 10.1 Å². The molecule has 2 aromatic rings. The maximum absolute atomic E-state index is 11.0. The summed E-state index contributed by atoms with van der Waals surface area (Å²) >= 11 is 0. The van der Waals surface area contributed by atoms with Gasteiger partial charge in [0.1, 0.15) is 12.6 Å². The zero-order valence-corrected chi connectivity index (χ0v) is 18.1. The van der Waals surface area contributed by atoms with Crippen LogP contribution in [0.3, 0.4) is 0 Å². The molecule has 2 N–H and O–H groups in total. The van der Waals surface area contributed by atoms with Crippen molar-refractivity contribution in [3.63, 3.8) is 0 Å². The van der Waals surface area contributed by atoms with E-state index in [1.54, 1.807) is 6.07 Å². The Hall–Kier alpha value is -2.45. The van der Waals surface area contributed by atoms with Crippen LogP contribution in [-0.2, 0) is 11.5 Å². The Balaban J connectivity index is 2.32. The molecule has 152 valence electrons. The summed E-state index contributed by atoms with van der Waals surface area (Å²) < 4.78 is 7.83. The molecular weight excluding hydrogens is 372 g/mol. The van der Waals surface area contributed by atoms with Crippen LogP contribution in [0.5, 0.6) is 0 Å². The van der Waals surface area contributed by atoms with Crippen LogP contribution < -0.4 is 5.73 Å². The predicted octanol–water partition coefficient (Wildman–Crippen LogP) is 5.03. The number of rotatable bonds is 10. The lowest BCUT2D eigenvalue weighted by Crippen LogP contribution is -2.22. The molecule has 0 saturated heterocycles. The number of hydrogen-bond acceptors (Lipinski definition) is 5. The van der Waals surface area contributed by atoms with Crippen molar-refractivity contribution in [2.24, 2.45) is 0 Å². The number of nitrogens with zero attached hydrogens (tertiary/aromatic N) is 3. The Morgan fingerprint density at radius 3 is 2.71 bits per heavy atom. The molecule has 0 radical (unpaired) electrons. The van der Waals surface area contributed by atoms with Crippen molar-refractivity contribution in [3.8, 4) is 11.4 Å². The number of nitro benzene ring substituents is 1. The van der Waals surface area contributed by atoms with Gasteiger partial charge in [-0.15, -0.1) is 6.58 Å². The summed E-state index contributed by atoms with van der Waals surface area (Å²) in [5, 5.41) is 11.0. The first-order valence-corrected chi connectivity index (χ1v) is 13.1. The molecule has 1 heterocycles. The number of non-ortho nitro benzene ring substituents is 1. The van der Waals surface area contributed by atoms with Gasteiger partial charge in [-0.25, -0.2) is 4.98 Å². The number of imidazole rings is 1. The van der Waals surface area contributed by atoms with E-state index < -0.39 is 13.0 Å². The standard InChI is InChI=1S/C20H30N4O3Si/c1-6-7-15(2)19-13-23(14-27-10-11-28(3,4)5)20(22-19)17-9-8-16(24(25)26)12-18(17)21/h6,8-9,12-13,15H,1,7,10-11,14,21H2,2-5H3/t15-/m0/s1. The number of nitro groups is 1. The Morgan fingerprint density at radius 1 is 1.43 bits per heavy atom. The fourth-order valence-corrected chi connectivity index (χ4v) is 3.52. The second kappa shape index (κ2) is 9.16. The number of benzene rings is 1. The van der Waals surface area contributed by atoms with E-state index >= 15 is 0 Å². The minimum atomic E-state index is -1.17. The molecule has 28 heavy (non-hydrogen) atoms. The lowest BCUT2D eigenvalue weighted by Gasteiger charge is -2.16. The second-order valence-corrected chi connectivity index (χ2v) is 13.9. The average Bonchev–Trinajstić information content (AvgIpc) is 3.02. The Morgan fingerprint density at radius 2 is 2.14 bits per heavy atom. The van der Waals surface area contributed by atoms with E-state index in [1.165, 1.54) is 12.1 Å². The van der Waals surface area contributed by atoms with Crippen LogP contribution in [0.1, 0.15) is 25.0 Å². The van der Waals surface area contributed by atoms with Gasteiger partial charge in [0.2, 0.25) is 0 Å². The lowest BCUT2D eigenvalue weighted by atomic mass is 10.1. The molecule has 0 bridgehead atoms. The molecule has 0 fully saturated rings. The molecular formula is C20H30N4O3Si. The molecule has 0 saturated carbocycles. The van der Waals surface area contributed by atoms with Gasteiger partial charge in [0.05, 0.1) is 10.6 Å². The molecule has 1 aromatic carbocycles. The topological polar surface area (TPSA) is 96.2 Å². The molecule has 0 aliphatic carbocycles. The molecule has 1 aromatic heterocycles. The first-order chi connectivity index (χ1) is 13.1. The summed E-state index contributed by atoms with van der Waals surface area (Å²) in [6.45, 7) is 13.9. The van der Waals surface area contributed by atoms with Gasteiger partial charge in [-0.3, -0.25) is 10.1 Å². The third kappa shape index (κ3) is 5.77. The Labute approximate surface area is 167 Å². The fraction of sp³-hybridized carbons (Fsp3) is 0.450. The number of hydrogen-bond donors (Lipinski definition) is 1. The average molecular weight is 403 g/mol. The molecule has 1 atom stereocenters. The smallest absolute Gasteiger partial charge is 0.271 e. The fourth-order valence-electron chi connectivity index (χ4n) is 2.77. The summed E-state index contributed by atoms with van der Waals surface area (Å²) in [6.07, 6.45) is 4.65. The second-order valence-electron chi connectivity index (χ2n) is 8.26. The maximum Gasteiger partial charge on any atom is 0.271 e. The maximum atomic E-state index is 11.0. The van der Waals surface area contributed by atoms with Crippen LogP contribution in [-0.4, -0.2) is 29.2 Å². The highest BCUT2D eigenvalue weighted by Crippen LogP contribution is 2.31. The number of nitrogen functional groups attached to an aromatic ring is 1. The highest BCUT2D eigenvalue weighted by atomic mass is 28.3. The van der Waals surface area contributed by atoms with Crippen molar-refractivity contribution in [3.05, 3.63) is 52.9 Å². The van der Waals surface area contributed by atoms with E-state index in [-0.39, 0.29) is 11.6 Å². The van der Waals surface area contributed by atoms with Crippen molar-refractivity contribution >= 4 is 19.4 Å². The largest absolute Gasteiger partial charge is 0.398 e. The Bertz CT molecular complexity index is 842. The van der Waals surface area contributed by atoms with Crippen molar-refractivity contribution in [2.75, 3.05) is 12.3 Å². The SMILES string of the molecule is C=CC[C@H](C)c1cn(COCC[Si](C)(C)C)c(-c2ccc([N+](=O)[O-])cc2N)n1. The molecule has 0 amide bonds. The van der Waals surface area contributed by atoms with E-state index in [0.717, 1.165) is 18.2 Å². The quantitative estimate of drug-likeness (QED) is 0.150. The van der Waals surface area contributed by atoms with Crippen molar-refractivity contribution in [1.82, 2.24) is 9.55 Å². The lowest BCUT2D eigenvalue weighted by molar-refractivity contribution is -0.384. The number of ether oxygens (including phenoxy) is 1. The van der Waals surface area contributed by atoms with Crippen molar-refractivity contribution in [1.29, 1.82) is 0 Å². The number of nitrogens with two attached hydrogens (primary N) is 1. The molecule has 0 spiro atoms. The highest BCUT2D eigenvalue weighted by Gasteiger charge is 2.18. The highest BCUT2D eigenvalue weighted by molar-refractivity contribution is 6.76. The normalized spacial score (nSPS) is 12.7. The van der Waals surface area contributed by atoms with Gasteiger partial charge in [0.25, 0.3) is 5.69 Å². The minimum Gasteiger partial charge on any atom is -0.398 e. The van der Waals surface area contributed by atoms with Crippen molar-refractivity contribution < 1.29 is 9.66 Å². The third-order valence-corrected chi connectivity index (χ3v) is 6.24. The monoisotopic (exact) mass is 402 g/mol. The third-order valence-electron chi connectivity index (χ3n) is 4.53. The number of anilines is 1. The van der Waals surface area contributed by atoms with Gasteiger partial charge in [-0.1, -0.05) is 32.6 Å². The van der Waals surface area contributed by atoms with Gasteiger partial charge in [0, 0.05) is 50.2 Å². The summed E-state index contributed by atoms with van der Waals surface area (Å²) in [5.74, 6) is 0.866. The molecule has 2 rings (SSSR count). The molecule has 0 aliphatic rings. The van der Waals surface area contributed by atoms with Gasteiger partial charge in [-0.2, -0.15) is 0 Å². The van der Waals surface area contributed by atoms with Crippen LogP contribution in [0.2, 0.25) is 25.7 Å². The van der Waals surface area contributed by atoms with Crippen molar-refractivity contribution in [2.45, 2.75) is 51.7 Å². The minimum absolute atomic E-state index is 0.0361. The van der Waals surface area contributed by atoms with E-state index in [2.05, 4.69) is 33.1 Å². The van der Waals surface area contributed by atoms with E-state index in [1.807, 2.05) is 16.8 Å². The summed E-state index contributed by atoms with van der Waals surface area (Å²) in [5.41, 5.74) is 7.98. The number of allylic oxidation sites excluding steroid dienone is 1. The first kappa shape index (κ1) is 21.8. The summed E-state index contributed by atoms with van der Waals surface area (Å²) in [4.78, 5) is 15.3. The van der Waals surface area contributed by atoms with E-state index in [4.69, 9.17) is 15.5 Å². The van der Waals surface area contributed by atoms with Crippen LogP contribution in [0, 0.1) is 10.1 Å². The molecule has 0 unspecified atom stereocenters. The number of aromatic nitrogens is 2. The van der Waals surface area contributed by atoms with Gasteiger partial charge in [-0.05, 0) is 18.5 Å². The van der Waals surface area contributed by atoms with Crippen LogP contribution in [0.25, 0.3) is 11.4 Å².